The van der Waals surface area contributed by atoms with E-state index in [1.54, 1.807) is 0 Å². The van der Waals surface area contributed by atoms with Crippen molar-refractivity contribution < 1.29 is 19.1 Å². The van der Waals surface area contributed by atoms with E-state index >= 15 is 0 Å². The lowest BCUT2D eigenvalue weighted by Gasteiger charge is -2.34. The van der Waals surface area contributed by atoms with Crippen molar-refractivity contribution >= 4 is 17.7 Å². The Bertz CT molecular complexity index is 2350. The van der Waals surface area contributed by atoms with Crippen molar-refractivity contribution in [3.05, 3.63) is 114 Å². The van der Waals surface area contributed by atoms with Crippen LogP contribution in [0.4, 0.5) is 10.5 Å². The molecule has 5 atom stereocenters. The van der Waals surface area contributed by atoms with E-state index in [0.717, 1.165) is 92.3 Å². The molecule has 3 saturated heterocycles. The number of aromatic nitrogens is 4. The largest absolute Gasteiger partial charge is 0.453 e. The number of nitrogens with zero attached hydrogens (tertiary/aromatic N) is 5. The smallest absolute Gasteiger partial charge is 0.407 e. The first kappa shape index (κ1) is 46.1. The topological polar surface area (TPSA) is 132 Å². The maximum absolute atomic E-state index is 13.7. The van der Waals surface area contributed by atoms with Gasteiger partial charge in [-0.05, 0) is 102 Å². The van der Waals surface area contributed by atoms with E-state index < -0.39 is 12.1 Å². The number of nitrogens with one attached hydrogen (secondary N) is 3. The molecule has 0 aliphatic carbocycles. The van der Waals surface area contributed by atoms with Crippen molar-refractivity contribution in [2.45, 2.75) is 129 Å². The molecule has 2 aromatic heterocycles. The Morgan fingerprint density at radius 2 is 1.29 bits per heavy atom. The summed E-state index contributed by atoms with van der Waals surface area (Å²) in [6.45, 7) is 18.2. The fourth-order valence-electron chi connectivity index (χ4n) is 10.0. The van der Waals surface area contributed by atoms with E-state index in [1.165, 1.54) is 29.5 Å². The predicted octanol–water partition coefficient (Wildman–Crippen LogP) is 11.0. The van der Waals surface area contributed by atoms with Gasteiger partial charge in [-0.2, -0.15) is 0 Å². The van der Waals surface area contributed by atoms with E-state index in [0.29, 0.717) is 19.2 Å². The van der Waals surface area contributed by atoms with Crippen LogP contribution in [0.1, 0.15) is 146 Å². The fourth-order valence-corrected chi connectivity index (χ4v) is 10.0. The molecular formula is C53H70N8O4. The van der Waals surface area contributed by atoms with Crippen LogP contribution < -0.4 is 10.2 Å². The molecule has 3 aliphatic rings. The Balaban J connectivity index is 0.989. The lowest BCUT2D eigenvalue weighted by atomic mass is 9.87. The van der Waals surface area contributed by atoms with Gasteiger partial charge in [-0.15, -0.1) is 0 Å². The Morgan fingerprint density at radius 1 is 0.738 bits per heavy atom. The van der Waals surface area contributed by atoms with Crippen molar-refractivity contribution in [2.24, 2.45) is 11.8 Å². The van der Waals surface area contributed by atoms with Crippen molar-refractivity contribution in [2.75, 3.05) is 38.4 Å². The maximum atomic E-state index is 13.7. The number of carbonyl (C=O) groups is 2. The Kier molecular flexibility index (Phi) is 14.2. The van der Waals surface area contributed by atoms with Crippen LogP contribution in [0, 0.1) is 11.8 Å². The third-order valence-corrected chi connectivity index (χ3v) is 13.8. The van der Waals surface area contributed by atoms with Crippen LogP contribution in [0.2, 0.25) is 0 Å². The summed E-state index contributed by atoms with van der Waals surface area (Å²) in [6, 6.07) is 27.0. The van der Waals surface area contributed by atoms with Gasteiger partial charge in [-0.25, -0.2) is 14.8 Å². The van der Waals surface area contributed by atoms with Gasteiger partial charge in [0.05, 0.1) is 61.8 Å². The summed E-state index contributed by atoms with van der Waals surface area (Å²) in [5, 5.41) is 2.74. The summed E-state index contributed by atoms with van der Waals surface area (Å²) in [5.74, 6) is 2.22. The summed E-state index contributed by atoms with van der Waals surface area (Å²) in [4.78, 5) is 49.6. The second-order valence-corrected chi connectivity index (χ2v) is 20.2. The molecular weight excluding hydrogens is 813 g/mol. The molecule has 5 aromatic rings. The van der Waals surface area contributed by atoms with Crippen molar-refractivity contribution in [1.29, 1.82) is 0 Å². The van der Waals surface area contributed by atoms with Crippen molar-refractivity contribution in [1.82, 2.24) is 35.1 Å². The molecule has 0 unspecified atom stereocenters. The molecule has 65 heavy (non-hydrogen) atoms. The molecule has 12 nitrogen and oxygen atoms in total. The minimum atomic E-state index is -0.676. The molecule has 346 valence electrons. The summed E-state index contributed by atoms with van der Waals surface area (Å²) in [5.41, 5.74) is 9.32. The van der Waals surface area contributed by atoms with Gasteiger partial charge in [0.1, 0.15) is 17.7 Å². The average molecular weight is 883 g/mol. The lowest BCUT2D eigenvalue weighted by Crippen LogP contribution is -2.51. The number of H-pyrrole nitrogens is 2. The summed E-state index contributed by atoms with van der Waals surface area (Å²) in [7, 11) is 1.31. The molecule has 0 radical (unpaired) electrons. The van der Waals surface area contributed by atoms with E-state index in [9.17, 15) is 9.59 Å². The first-order valence-corrected chi connectivity index (χ1v) is 23.9. The van der Waals surface area contributed by atoms with Gasteiger partial charge in [0.25, 0.3) is 0 Å². The average Bonchev–Trinajstić information content (AvgIpc) is 4.16. The third kappa shape index (κ3) is 10.3. The molecule has 12 heteroatoms. The summed E-state index contributed by atoms with van der Waals surface area (Å²) < 4.78 is 10.9. The first-order chi connectivity index (χ1) is 31.3. The highest BCUT2D eigenvalue weighted by Gasteiger charge is 2.39. The molecule has 0 bridgehead atoms. The second kappa shape index (κ2) is 20.0. The van der Waals surface area contributed by atoms with E-state index in [4.69, 9.17) is 19.4 Å². The third-order valence-electron chi connectivity index (χ3n) is 13.8. The van der Waals surface area contributed by atoms with Crippen LogP contribution in [0.15, 0.2) is 85.2 Å². The summed E-state index contributed by atoms with van der Waals surface area (Å²) >= 11 is 0. The standard InChI is InChI=1S/C53H70N8O4/c1-34(2)27-30-65-33-59-28-9-11-46(59)49-54-31-42(56-49)36-13-17-38(18-14-36)44-25-26-45(61(44)41-23-21-40(22-24-41)53(5,6)7)39-19-15-37(16-20-39)43-32-55-50(57-43)47-12-10-29-60(47)51(62)48(35(3)4)58-52(63)64-8/h13-24,31-32,34-35,44-48H,9-12,25-30,33H2,1-8H3,(H,54,56)(H,55,57)(H,58,63)/t44-,45+,46-,47-,48-/m0/s1. The minimum absolute atomic E-state index is 0.0636. The number of anilines is 1. The second-order valence-electron chi connectivity index (χ2n) is 20.2. The molecule has 3 fully saturated rings. The van der Waals surface area contributed by atoms with Crippen LogP contribution in [0.25, 0.3) is 22.5 Å². The zero-order valence-corrected chi connectivity index (χ0v) is 39.8. The SMILES string of the molecule is COC(=O)N[C@H](C(=O)N1CCC[C@H]1c1ncc(-c2ccc([C@H]3CC[C@@H](c4ccc(-c5cnc([C@@H]6CCCN6COCCC(C)C)[nH]5)cc4)N3c3ccc(C(C)(C)C)cc3)cc2)[nH]1)C(C)C. The number of imidazole rings is 2. The fraction of sp³-hybridized carbons (Fsp3) is 0.509. The van der Waals surface area contributed by atoms with E-state index in [2.05, 4.69) is 132 Å². The molecule has 0 saturated carbocycles. The Morgan fingerprint density at radius 3 is 1.83 bits per heavy atom. The van der Waals surface area contributed by atoms with Crippen molar-refractivity contribution in [3.63, 3.8) is 0 Å². The monoisotopic (exact) mass is 883 g/mol. The molecule has 3 N–H and O–H groups in total. The quantitative estimate of drug-likeness (QED) is 0.0886. The summed E-state index contributed by atoms with van der Waals surface area (Å²) in [6.07, 6.45) is 10.3. The van der Waals surface area contributed by atoms with Gasteiger partial charge in [-0.1, -0.05) is 109 Å². The number of aromatic amines is 2. The van der Waals surface area contributed by atoms with Crippen LogP contribution in [0.5, 0.6) is 0 Å². The predicted molar refractivity (Wildman–Crippen MR) is 257 cm³/mol. The molecule has 2 amide bonds. The number of rotatable bonds is 15. The van der Waals surface area contributed by atoms with Crippen LogP contribution in [0.3, 0.4) is 0 Å². The zero-order valence-electron chi connectivity index (χ0n) is 39.8. The van der Waals surface area contributed by atoms with Gasteiger partial charge in [0, 0.05) is 25.4 Å². The molecule has 5 heterocycles. The number of ether oxygens (including phenoxy) is 2. The van der Waals surface area contributed by atoms with E-state index in [1.807, 2.05) is 31.1 Å². The molecule has 0 spiro atoms. The Labute approximate surface area is 385 Å². The number of likely N-dealkylation sites (tertiary alicyclic amines) is 2. The van der Waals surface area contributed by atoms with Gasteiger partial charge in [0.15, 0.2) is 0 Å². The zero-order chi connectivity index (χ0) is 45.8. The highest BCUT2D eigenvalue weighted by molar-refractivity contribution is 5.86. The van der Waals surface area contributed by atoms with Crippen molar-refractivity contribution in [3.8, 4) is 22.5 Å². The van der Waals surface area contributed by atoms with Gasteiger partial charge >= 0.3 is 6.09 Å². The highest BCUT2D eigenvalue weighted by atomic mass is 16.5. The van der Waals surface area contributed by atoms with Crippen LogP contribution in [-0.2, 0) is 19.7 Å². The van der Waals surface area contributed by atoms with Gasteiger partial charge in [0.2, 0.25) is 5.91 Å². The number of benzene rings is 3. The number of amides is 2. The number of hydrogen-bond donors (Lipinski definition) is 3. The maximum Gasteiger partial charge on any atom is 0.407 e. The van der Waals surface area contributed by atoms with Crippen LogP contribution in [-0.4, -0.2) is 81.3 Å². The molecule has 8 rings (SSSR count). The normalized spacial score (nSPS) is 20.9. The van der Waals surface area contributed by atoms with Gasteiger partial charge < -0.3 is 34.6 Å². The molecule has 3 aliphatic heterocycles. The minimum Gasteiger partial charge on any atom is -0.453 e. The van der Waals surface area contributed by atoms with E-state index in [-0.39, 0.29) is 41.4 Å². The number of methoxy groups -OCH3 is 1. The lowest BCUT2D eigenvalue weighted by molar-refractivity contribution is -0.135. The molecule has 3 aromatic carbocycles. The first-order valence-electron chi connectivity index (χ1n) is 23.9. The van der Waals surface area contributed by atoms with Crippen LogP contribution >= 0.6 is 0 Å². The number of carbonyl (C=O) groups excluding carboxylic acids is 2. The highest BCUT2D eigenvalue weighted by Crippen LogP contribution is 2.48. The number of alkyl carbamates (subject to hydrolysis) is 1. The van der Waals surface area contributed by atoms with Gasteiger partial charge in [-0.3, -0.25) is 9.69 Å². The Hall–Kier alpha value is -5.46. The number of hydrogen-bond acceptors (Lipinski definition) is 8.